The SMILES string of the molecule is Cc1ccc(S(=O)(=O)c2ccc([C@H](C)NS(C)(=O)=O)cc2)c(S(=O)(=O)c2ccccc2F)c1. The van der Waals surface area contributed by atoms with Crippen LogP contribution in [-0.2, 0) is 29.7 Å². The van der Waals surface area contributed by atoms with Crippen LogP contribution in [0.4, 0.5) is 4.39 Å². The molecule has 11 heteroatoms. The molecule has 3 aromatic rings. The first-order chi connectivity index (χ1) is 15.2. The van der Waals surface area contributed by atoms with Gasteiger partial charge in [0.25, 0.3) is 0 Å². The molecule has 0 spiro atoms. The van der Waals surface area contributed by atoms with Crippen molar-refractivity contribution >= 4 is 29.7 Å². The largest absolute Gasteiger partial charge is 0.218 e. The lowest BCUT2D eigenvalue weighted by molar-refractivity contribution is 0.562. The van der Waals surface area contributed by atoms with E-state index in [1.54, 1.807) is 13.8 Å². The summed E-state index contributed by atoms with van der Waals surface area (Å²) in [7, 11) is -12.3. The number of benzene rings is 3. The maximum absolute atomic E-state index is 14.3. The van der Waals surface area contributed by atoms with E-state index < -0.39 is 56.2 Å². The van der Waals surface area contributed by atoms with Crippen molar-refractivity contribution in [1.82, 2.24) is 4.72 Å². The molecule has 0 unspecified atom stereocenters. The number of hydrogen-bond acceptors (Lipinski definition) is 6. The molecule has 3 aromatic carbocycles. The maximum Gasteiger partial charge on any atom is 0.210 e. The van der Waals surface area contributed by atoms with E-state index in [9.17, 15) is 29.6 Å². The fourth-order valence-electron chi connectivity index (χ4n) is 3.28. The van der Waals surface area contributed by atoms with Crippen LogP contribution < -0.4 is 4.72 Å². The number of sulfonamides is 1. The first-order valence-electron chi connectivity index (χ1n) is 9.66. The molecule has 1 atom stereocenters. The number of sulfone groups is 2. The lowest BCUT2D eigenvalue weighted by atomic mass is 10.1. The van der Waals surface area contributed by atoms with Crippen molar-refractivity contribution in [2.75, 3.05) is 6.26 Å². The van der Waals surface area contributed by atoms with E-state index in [2.05, 4.69) is 4.72 Å². The Morgan fingerprint density at radius 1 is 0.758 bits per heavy atom. The topological polar surface area (TPSA) is 114 Å². The lowest BCUT2D eigenvalue weighted by Crippen LogP contribution is -2.25. The van der Waals surface area contributed by atoms with Crippen molar-refractivity contribution in [3.05, 3.63) is 83.7 Å². The Bertz CT molecular complexity index is 1510. The van der Waals surface area contributed by atoms with Crippen LogP contribution in [0.25, 0.3) is 0 Å². The summed E-state index contributed by atoms with van der Waals surface area (Å²) in [4.78, 5) is -1.81. The zero-order valence-corrected chi connectivity index (χ0v) is 20.4. The van der Waals surface area contributed by atoms with Crippen LogP contribution in [0.15, 0.2) is 86.3 Å². The smallest absolute Gasteiger partial charge is 0.210 e. The highest BCUT2D eigenvalue weighted by molar-refractivity contribution is 7.94. The van der Waals surface area contributed by atoms with Gasteiger partial charge in [-0.05, 0) is 61.4 Å². The molecular weight excluding hydrogens is 489 g/mol. The highest BCUT2D eigenvalue weighted by Gasteiger charge is 2.31. The molecule has 176 valence electrons. The molecule has 7 nitrogen and oxygen atoms in total. The molecule has 0 aromatic heterocycles. The van der Waals surface area contributed by atoms with Gasteiger partial charge in [-0.15, -0.1) is 0 Å². The van der Waals surface area contributed by atoms with Crippen LogP contribution >= 0.6 is 0 Å². The van der Waals surface area contributed by atoms with Gasteiger partial charge in [0.05, 0.1) is 20.9 Å². The number of halogens is 1. The summed E-state index contributed by atoms with van der Waals surface area (Å²) in [5.74, 6) is -0.987. The molecule has 0 amide bonds. The van der Waals surface area contributed by atoms with E-state index in [1.165, 1.54) is 54.6 Å². The summed E-state index contributed by atoms with van der Waals surface area (Å²) < 4.78 is 92.7. The second kappa shape index (κ2) is 8.98. The third-order valence-corrected chi connectivity index (χ3v) is 9.45. The van der Waals surface area contributed by atoms with Gasteiger partial charge in [0.1, 0.15) is 10.7 Å². The molecular formula is C22H22FNO6S3. The molecule has 0 aliphatic rings. The molecule has 33 heavy (non-hydrogen) atoms. The highest BCUT2D eigenvalue weighted by Crippen LogP contribution is 2.33. The third kappa shape index (κ3) is 5.32. The normalized spacial score (nSPS) is 13.6. The molecule has 1 N–H and O–H groups in total. The van der Waals surface area contributed by atoms with E-state index in [0.717, 1.165) is 18.4 Å². The average molecular weight is 512 g/mol. The van der Waals surface area contributed by atoms with Gasteiger partial charge in [0.2, 0.25) is 29.7 Å². The summed E-state index contributed by atoms with van der Waals surface area (Å²) >= 11 is 0. The molecule has 0 aliphatic carbocycles. The third-order valence-electron chi connectivity index (χ3n) is 4.89. The van der Waals surface area contributed by atoms with E-state index in [4.69, 9.17) is 0 Å². The van der Waals surface area contributed by atoms with Crippen molar-refractivity contribution < 1.29 is 29.6 Å². The maximum atomic E-state index is 14.3. The van der Waals surface area contributed by atoms with Gasteiger partial charge in [0, 0.05) is 6.04 Å². The Morgan fingerprint density at radius 2 is 1.36 bits per heavy atom. The zero-order valence-electron chi connectivity index (χ0n) is 18.0. The second-order valence-corrected chi connectivity index (χ2v) is 13.2. The average Bonchev–Trinajstić information content (AvgIpc) is 2.72. The first-order valence-corrected chi connectivity index (χ1v) is 14.5. The number of nitrogens with one attached hydrogen (secondary N) is 1. The van der Waals surface area contributed by atoms with Gasteiger partial charge < -0.3 is 0 Å². The predicted molar refractivity (Wildman–Crippen MR) is 121 cm³/mol. The minimum atomic E-state index is -4.49. The summed E-state index contributed by atoms with van der Waals surface area (Å²) in [6, 6.07) is 13.4. The Morgan fingerprint density at radius 3 is 1.94 bits per heavy atom. The van der Waals surface area contributed by atoms with Crippen molar-refractivity contribution in [1.29, 1.82) is 0 Å². The van der Waals surface area contributed by atoms with Crippen molar-refractivity contribution in [2.24, 2.45) is 0 Å². The predicted octanol–water partition coefficient (Wildman–Crippen LogP) is 3.41. The molecule has 0 fully saturated rings. The van der Waals surface area contributed by atoms with Crippen molar-refractivity contribution in [3.63, 3.8) is 0 Å². The highest BCUT2D eigenvalue weighted by atomic mass is 32.2. The Labute approximate surface area is 193 Å². The molecule has 0 bridgehead atoms. The van der Waals surface area contributed by atoms with Crippen LogP contribution in [0.5, 0.6) is 0 Å². The summed E-state index contributed by atoms with van der Waals surface area (Å²) in [6.45, 7) is 3.20. The van der Waals surface area contributed by atoms with Crippen molar-refractivity contribution in [2.45, 2.75) is 39.5 Å². The Balaban J connectivity index is 2.11. The van der Waals surface area contributed by atoms with Crippen LogP contribution in [0.3, 0.4) is 0 Å². The molecule has 0 aliphatic heterocycles. The van der Waals surface area contributed by atoms with E-state index in [1.807, 2.05) is 0 Å². The van der Waals surface area contributed by atoms with E-state index in [0.29, 0.717) is 11.1 Å². The standard InChI is InChI=1S/C22H22FNO6S3/c1-15-8-13-21(22(14-15)33(29,30)20-7-5-4-6-19(20)23)32(27,28)18-11-9-17(10-12-18)16(2)24-31(3,25)26/h4-14,16,24H,1-3H3/t16-/m0/s1. The minimum Gasteiger partial charge on any atom is -0.218 e. The lowest BCUT2D eigenvalue weighted by Gasteiger charge is -2.15. The van der Waals surface area contributed by atoms with Crippen LogP contribution in [-0.4, -0.2) is 31.5 Å². The second-order valence-electron chi connectivity index (χ2n) is 7.57. The summed E-state index contributed by atoms with van der Waals surface area (Å²) in [5.41, 5.74) is 1.00. The number of aryl methyl sites for hydroxylation is 1. The van der Waals surface area contributed by atoms with Crippen LogP contribution in [0, 0.1) is 12.7 Å². The van der Waals surface area contributed by atoms with Crippen LogP contribution in [0.1, 0.15) is 24.1 Å². The van der Waals surface area contributed by atoms with Gasteiger partial charge in [0.15, 0.2) is 0 Å². The van der Waals surface area contributed by atoms with Gasteiger partial charge >= 0.3 is 0 Å². The van der Waals surface area contributed by atoms with E-state index >= 15 is 0 Å². The molecule has 0 heterocycles. The molecule has 3 rings (SSSR count). The van der Waals surface area contributed by atoms with Crippen molar-refractivity contribution in [3.8, 4) is 0 Å². The summed E-state index contributed by atoms with van der Waals surface area (Å²) in [5, 5.41) is 0. The first kappa shape index (κ1) is 25.0. The van der Waals surface area contributed by atoms with Gasteiger partial charge in [-0.2, -0.15) is 0 Å². The van der Waals surface area contributed by atoms with Gasteiger partial charge in [-0.25, -0.2) is 34.4 Å². The number of hydrogen-bond donors (Lipinski definition) is 1. The van der Waals surface area contributed by atoms with Gasteiger partial charge in [-0.3, -0.25) is 0 Å². The molecule has 0 saturated heterocycles. The summed E-state index contributed by atoms with van der Waals surface area (Å²) in [6.07, 6.45) is 1.01. The Kier molecular flexibility index (Phi) is 6.81. The molecule has 0 radical (unpaired) electrons. The van der Waals surface area contributed by atoms with Crippen LogP contribution in [0.2, 0.25) is 0 Å². The Hall–Kier alpha value is -2.60. The fraction of sp³-hybridized carbons (Fsp3) is 0.182. The quantitative estimate of drug-likeness (QED) is 0.520. The molecule has 0 saturated carbocycles. The minimum absolute atomic E-state index is 0.188. The van der Waals surface area contributed by atoms with Gasteiger partial charge in [-0.1, -0.05) is 30.3 Å². The fourth-order valence-corrected chi connectivity index (χ4v) is 7.53. The number of rotatable bonds is 7. The monoisotopic (exact) mass is 511 g/mol. The van der Waals surface area contributed by atoms with E-state index in [-0.39, 0.29) is 4.90 Å². The zero-order chi connectivity index (χ0) is 24.6.